The lowest BCUT2D eigenvalue weighted by Crippen LogP contribution is -2.36. The molecule has 2 aromatic carbocycles. The van der Waals surface area contributed by atoms with E-state index in [0.29, 0.717) is 16.7 Å². The zero-order valence-corrected chi connectivity index (χ0v) is 14.6. The van der Waals surface area contributed by atoms with Crippen molar-refractivity contribution in [1.29, 1.82) is 0 Å². The largest absolute Gasteiger partial charge is 0.349 e. The minimum absolute atomic E-state index is 0.101. The molecule has 0 bridgehead atoms. The van der Waals surface area contributed by atoms with Crippen LogP contribution in [0.3, 0.4) is 0 Å². The van der Waals surface area contributed by atoms with Gasteiger partial charge in [-0.25, -0.2) is 4.39 Å². The number of hydrogen-bond donors (Lipinski definition) is 2. The monoisotopic (exact) mass is 354 g/mol. The smallest absolute Gasteiger partial charge is 0.251 e. The molecule has 0 atom stereocenters. The molecule has 0 radical (unpaired) electrons. The second-order valence-corrected chi connectivity index (χ2v) is 6.66. The number of nitrogens with one attached hydrogen (secondary N) is 2. The van der Waals surface area contributed by atoms with E-state index in [-0.39, 0.29) is 30.2 Å². The number of carbonyl (C=O) groups excluding carboxylic acids is 2. The fourth-order valence-corrected chi connectivity index (χ4v) is 3.24. The Hall–Kier alpha value is -2.69. The highest BCUT2D eigenvalue weighted by Gasteiger charge is 2.17. The van der Waals surface area contributed by atoms with Gasteiger partial charge in [0.15, 0.2) is 0 Å². The minimum Gasteiger partial charge on any atom is -0.349 e. The molecule has 0 spiro atoms. The Morgan fingerprint density at radius 2 is 1.62 bits per heavy atom. The van der Waals surface area contributed by atoms with Gasteiger partial charge in [0.25, 0.3) is 11.8 Å². The molecule has 1 aliphatic rings. The molecule has 26 heavy (non-hydrogen) atoms. The van der Waals surface area contributed by atoms with Crippen molar-refractivity contribution in [3.8, 4) is 0 Å². The molecule has 1 fully saturated rings. The molecule has 2 N–H and O–H groups in total. The number of benzene rings is 2. The SMILES string of the molecule is O=C(NCc1ccccc1F)c1cccc(C(=O)NC2CCCCC2)c1. The maximum atomic E-state index is 13.6. The van der Waals surface area contributed by atoms with E-state index < -0.39 is 0 Å². The van der Waals surface area contributed by atoms with Gasteiger partial charge in [-0.2, -0.15) is 0 Å². The van der Waals surface area contributed by atoms with E-state index in [1.165, 1.54) is 12.5 Å². The summed E-state index contributed by atoms with van der Waals surface area (Å²) in [5.74, 6) is -0.838. The Morgan fingerprint density at radius 3 is 2.35 bits per heavy atom. The molecule has 1 saturated carbocycles. The normalized spacial score (nSPS) is 14.7. The molecule has 2 aromatic rings. The van der Waals surface area contributed by atoms with Gasteiger partial charge in [0, 0.05) is 29.3 Å². The van der Waals surface area contributed by atoms with E-state index in [4.69, 9.17) is 0 Å². The summed E-state index contributed by atoms with van der Waals surface area (Å²) in [5, 5.41) is 5.74. The Kier molecular flexibility index (Phi) is 6.00. The molecule has 0 aliphatic heterocycles. The highest BCUT2D eigenvalue weighted by molar-refractivity contribution is 5.99. The third-order valence-corrected chi connectivity index (χ3v) is 4.72. The zero-order chi connectivity index (χ0) is 18.4. The first-order valence-corrected chi connectivity index (χ1v) is 9.06. The maximum absolute atomic E-state index is 13.6. The molecule has 3 rings (SSSR count). The summed E-state index contributed by atoms with van der Waals surface area (Å²) < 4.78 is 13.6. The standard InChI is InChI=1S/C21H23FN2O2/c22-19-12-5-4-7-17(19)14-23-20(25)15-8-6-9-16(13-15)21(26)24-18-10-2-1-3-11-18/h4-9,12-13,18H,1-3,10-11,14H2,(H,23,25)(H,24,26). The third-order valence-electron chi connectivity index (χ3n) is 4.72. The molecule has 5 heteroatoms. The molecule has 2 amide bonds. The number of hydrogen-bond acceptors (Lipinski definition) is 2. The first kappa shape index (κ1) is 18.1. The van der Waals surface area contributed by atoms with Crippen LogP contribution in [0.25, 0.3) is 0 Å². The van der Waals surface area contributed by atoms with Crippen molar-refractivity contribution < 1.29 is 14.0 Å². The van der Waals surface area contributed by atoms with E-state index in [2.05, 4.69) is 10.6 Å². The summed E-state index contributed by atoms with van der Waals surface area (Å²) in [6.45, 7) is 0.101. The van der Waals surface area contributed by atoms with Crippen LogP contribution in [0.2, 0.25) is 0 Å². The lowest BCUT2D eigenvalue weighted by atomic mass is 9.95. The Balaban J connectivity index is 1.61. The quantitative estimate of drug-likeness (QED) is 0.858. The van der Waals surface area contributed by atoms with Crippen LogP contribution < -0.4 is 10.6 Å². The van der Waals surface area contributed by atoms with E-state index >= 15 is 0 Å². The first-order valence-electron chi connectivity index (χ1n) is 9.06. The van der Waals surface area contributed by atoms with Crippen LogP contribution in [0.15, 0.2) is 48.5 Å². The molecule has 136 valence electrons. The lowest BCUT2D eigenvalue weighted by Gasteiger charge is -2.22. The summed E-state index contributed by atoms with van der Waals surface area (Å²) in [5.41, 5.74) is 1.28. The van der Waals surface area contributed by atoms with Crippen molar-refractivity contribution in [2.45, 2.75) is 44.7 Å². The average Bonchev–Trinajstić information content (AvgIpc) is 2.68. The number of carbonyl (C=O) groups is 2. The van der Waals surface area contributed by atoms with Crippen LogP contribution in [0.4, 0.5) is 4.39 Å². The second kappa shape index (κ2) is 8.61. The van der Waals surface area contributed by atoms with E-state index in [9.17, 15) is 14.0 Å². The van der Waals surface area contributed by atoms with Gasteiger partial charge in [-0.1, -0.05) is 43.5 Å². The molecule has 4 nitrogen and oxygen atoms in total. The van der Waals surface area contributed by atoms with Gasteiger partial charge >= 0.3 is 0 Å². The molecule has 0 aromatic heterocycles. The summed E-state index contributed by atoms with van der Waals surface area (Å²) in [6, 6.07) is 13.1. The second-order valence-electron chi connectivity index (χ2n) is 6.66. The zero-order valence-electron chi connectivity index (χ0n) is 14.6. The van der Waals surface area contributed by atoms with Gasteiger partial charge in [0.2, 0.25) is 0 Å². The van der Waals surface area contributed by atoms with Crippen molar-refractivity contribution >= 4 is 11.8 Å². The van der Waals surface area contributed by atoms with Crippen molar-refractivity contribution in [2.75, 3.05) is 0 Å². The van der Waals surface area contributed by atoms with Gasteiger partial charge in [-0.3, -0.25) is 9.59 Å². The summed E-state index contributed by atoms with van der Waals surface area (Å²) in [7, 11) is 0. The van der Waals surface area contributed by atoms with Crippen LogP contribution in [0.5, 0.6) is 0 Å². The number of halogens is 1. The van der Waals surface area contributed by atoms with Crippen LogP contribution in [-0.4, -0.2) is 17.9 Å². The van der Waals surface area contributed by atoms with Gasteiger partial charge < -0.3 is 10.6 Å². The van der Waals surface area contributed by atoms with Crippen LogP contribution in [-0.2, 0) is 6.54 Å². The van der Waals surface area contributed by atoms with Crippen LogP contribution >= 0.6 is 0 Å². The summed E-state index contributed by atoms with van der Waals surface area (Å²) in [6.07, 6.45) is 5.53. The number of rotatable bonds is 5. The first-order chi connectivity index (χ1) is 12.6. The Morgan fingerprint density at radius 1 is 0.923 bits per heavy atom. The van der Waals surface area contributed by atoms with Gasteiger partial charge in [-0.05, 0) is 37.1 Å². The van der Waals surface area contributed by atoms with Crippen molar-refractivity contribution in [3.05, 3.63) is 71.0 Å². The third kappa shape index (κ3) is 4.69. The maximum Gasteiger partial charge on any atom is 0.251 e. The van der Waals surface area contributed by atoms with E-state index in [1.807, 2.05) is 0 Å². The van der Waals surface area contributed by atoms with Gasteiger partial charge in [-0.15, -0.1) is 0 Å². The molecule has 0 saturated heterocycles. The Bertz CT molecular complexity index is 785. The Labute approximate surface area is 152 Å². The minimum atomic E-state index is -0.353. The van der Waals surface area contributed by atoms with Gasteiger partial charge in [0.05, 0.1) is 0 Å². The molecule has 0 heterocycles. The van der Waals surface area contributed by atoms with E-state index in [1.54, 1.807) is 42.5 Å². The van der Waals surface area contributed by atoms with Crippen molar-refractivity contribution in [1.82, 2.24) is 10.6 Å². The summed E-state index contributed by atoms with van der Waals surface area (Å²) in [4.78, 5) is 24.7. The molecular weight excluding hydrogens is 331 g/mol. The topological polar surface area (TPSA) is 58.2 Å². The van der Waals surface area contributed by atoms with Crippen LogP contribution in [0.1, 0.15) is 58.4 Å². The highest BCUT2D eigenvalue weighted by atomic mass is 19.1. The summed E-state index contributed by atoms with van der Waals surface area (Å²) >= 11 is 0. The van der Waals surface area contributed by atoms with Crippen molar-refractivity contribution in [3.63, 3.8) is 0 Å². The molecular formula is C21H23FN2O2. The molecule has 1 aliphatic carbocycles. The highest BCUT2D eigenvalue weighted by Crippen LogP contribution is 2.18. The van der Waals surface area contributed by atoms with Crippen molar-refractivity contribution in [2.24, 2.45) is 0 Å². The average molecular weight is 354 g/mol. The van der Waals surface area contributed by atoms with Gasteiger partial charge in [0.1, 0.15) is 5.82 Å². The lowest BCUT2D eigenvalue weighted by molar-refractivity contribution is 0.0927. The fourth-order valence-electron chi connectivity index (χ4n) is 3.24. The van der Waals surface area contributed by atoms with Crippen LogP contribution in [0, 0.1) is 5.82 Å². The predicted octanol–water partition coefficient (Wildman–Crippen LogP) is 3.82. The molecule has 0 unspecified atom stereocenters. The fraction of sp³-hybridized carbons (Fsp3) is 0.333. The predicted molar refractivity (Wildman–Crippen MR) is 98.4 cm³/mol. The van der Waals surface area contributed by atoms with E-state index in [0.717, 1.165) is 25.7 Å². The number of amides is 2.